The molecule has 0 aliphatic rings. The van der Waals surface area contributed by atoms with Crippen LogP contribution in [0.4, 0.5) is 0 Å². The van der Waals surface area contributed by atoms with E-state index >= 15 is 0 Å². The van der Waals surface area contributed by atoms with Crippen molar-refractivity contribution in [3.8, 4) is 23.3 Å². The first-order valence-electron chi connectivity index (χ1n) is 7.65. The molecule has 0 saturated carbocycles. The number of nitriles is 1. The van der Waals surface area contributed by atoms with E-state index in [9.17, 15) is 5.26 Å². The van der Waals surface area contributed by atoms with Crippen LogP contribution in [0.15, 0.2) is 48.9 Å². The van der Waals surface area contributed by atoms with Crippen LogP contribution in [-0.2, 0) is 5.88 Å². The lowest BCUT2D eigenvalue weighted by Crippen LogP contribution is -2.00. The molecule has 0 spiro atoms. The standard InChI is InChI=1S/C18H13ClN6/c1-12-3-2-4-16(22-12)18-23-13(7-19)10-25(18)14-5-6-17-21-9-15(8-20)24(17)11-14/h2-6,9-11H,7H2,1H3. The van der Waals surface area contributed by atoms with Gasteiger partial charge in [-0.05, 0) is 31.2 Å². The lowest BCUT2D eigenvalue weighted by atomic mass is 10.3. The molecule has 0 unspecified atom stereocenters. The van der Waals surface area contributed by atoms with Crippen LogP contribution in [0.25, 0.3) is 22.9 Å². The summed E-state index contributed by atoms with van der Waals surface area (Å²) in [6.45, 7) is 1.94. The number of hydrogen-bond donors (Lipinski definition) is 0. The summed E-state index contributed by atoms with van der Waals surface area (Å²) in [5, 5.41) is 9.23. The Morgan fingerprint density at radius 1 is 1.16 bits per heavy atom. The number of alkyl halides is 1. The van der Waals surface area contributed by atoms with Crippen molar-refractivity contribution in [1.29, 1.82) is 5.26 Å². The highest BCUT2D eigenvalue weighted by Gasteiger charge is 2.14. The molecule has 0 N–H and O–H groups in total. The highest BCUT2D eigenvalue weighted by atomic mass is 35.5. The summed E-state index contributed by atoms with van der Waals surface area (Å²) in [4.78, 5) is 13.4. The lowest BCUT2D eigenvalue weighted by Gasteiger charge is -2.08. The Morgan fingerprint density at radius 2 is 2.04 bits per heavy atom. The second-order valence-electron chi connectivity index (χ2n) is 5.59. The minimum absolute atomic E-state index is 0.308. The maximum absolute atomic E-state index is 9.23. The Labute approximate surface area is 149 Å². The highest BCUT2D eigenvalue weighted by molar-refractivity contribution is 6.16. The van der Waals surface area contributed by atoms with Crippen LogP contribution in [0.1, 0.15) is 17.1 Å². The Morgan fingerprint density at radius 3 is 2.80 bits per heavy atom. The van der Waals surface area contributed by atoms with Crippen LogP contribution in [0, 0.1) is 18.3 Å². The van der Waals surface area contributed by atoms with Gasteiger partial charge in [0.1, 0.15) is 23.1 Å². The van der Waals surface area contributed by atoms with Crippen molar-refractivity contribution in [1.82, 2.24) is 23.9 Å². The monoisotopic (exact) mass is 348 g/mol. The lowest BCUT2D eigenvalue weighted by molar-refractivity contribution is 1.01. The van der Waals surface area contributed by atoms with Crippen LogP contribution in [0.5, 0.6) is 0 Å². The number of aryl methyl sites for hydroxylation is 1. The molecule has 4 aromatic rings. The number of pyridine rings is 2. The average molecular weight is 349 g/mol. The second kappa shape index (κ2) is 6.04. The third-order valence-corrected chi connectivity index (χ3v) is 4.17. The van der Waals surface area contributed by atoms with Crippen LogP contribution in [0.3, 0.4) is 0 Å². The molecule has 4 aromatic heterocycles. The number of hydrogen-bond acceptors (Lipinski definition) is 4. The first-order valence-corrected chi connectivity index (χ1v) is 8.19. The molecule has 122 valence electrons. The third-order valence-electron chi connectivity index (χ3n) is 3.89. The molecule has 25 heavy (non-hydrogen) atoms. The zero-order valence-electron chi connectivity index (χ0n) is 13.4. The van der Waals surface area contributed by atoms with Crippen molar-refractivity contribution in [3.63, 3.8) is 0 Å². The molecule has 0 aromatic carbocycles. The molecule has 0 aliphatic heterocycles. The van der Waals surface area contributed by atoms with Gasteiger partial charge in [-0.1, -0.05) is 6.07 Å². The van der Waals surface area contributed by atoms with Gasteiger partial charge in [-0.25, -0.2) is 15.0 Å². The predicted octanol–water partition coefficient (Wildman–Crippen LogP) is 3.50. The minimum Gasteiger partial charge on any atom is -0.297 e. The highest BCUT2D eigenvalue weighted by Crippen LogP contribution is 2.23. The van der Waals surface area contributed by atoms with Crippen molar-refractivity contribution in [2.45, 2.75) is 12.8 Å². The van der Waals surface area contributed by atoms with Crippen LogP contribution in [-0.4, -0.2) is 23.9 Å². The summed E-state index contributed by atoms with van der Waals surface area (Å²) >= 11 is 5.99. The van der Waals surface area contributed by atoms with E-state index in [1.807, 2.05) is 54.2 Å². The van der Waals surface area contributed by atoms with E-state index < -0.39 is 0 Å². The van der Waals surface area contributed by atoms with Gasteiger partial charge in [0.15, 0.2) is 5.82 Å². The van der Waals surface area contributed by atoms with Gasteiger partial charge >= 0.3 is 0 Å². The molecule has 0 radical (unpaired) electrons. The fraction of sp³-hybridized carbons (Fsp3) is 0.111. The van der Waals surface area contributed by atoms with Crippen molar-refractivity contribution >= 4 is 17.2 Å². The molecule has 0 fully saturated rings. The van der Waals surface area contributed by atoms with Crippen molar-refractivity contribution < 1.29 is 0 Å². The van der Waals surface area contributed by atoms with Gasteiger partial charge < -0.3 is 0 Å². The van der Waals surface area contributed by atoms with E-state index in [1.165, 1.54) is 0 Å². The number of fused-ring (bicyclic) bond motifs is 1. The minimum atomic E-state index is 0.308. The topological polar surface area (TPSA) is 71.8 Å². The number of imidazole rings is 2. The molecule has 0 saturated heterocycles. The quantitative estimate of drug-likeness (QED) is 0.531. The van der Waals surface area contributed by atoms with E-state index in [4.69, 9.17) is 11.6 Å². The van der Waals surface area contributed by atoms with Gasteiger partial charge in [-0.3, -0.25) is 8.97 Å². The Bertz CT molecular complexity index is 1120. The Balaban J connectivity index is 1.93. The average Bonchev–Trinajstić information content (AvgIpc) is 3.25. The number of halogens is 1. The van der Waals surface area contributed by atoms with Gasteiger partial charge in [0.25, 0.3) is 0 Å². The van der Waals surface area contributed by atoms with Gasteiger partial charge in [0.05, 0.1) is 23.5 Å². The van der Waals surface area contributed by atoms with Gasteiger partial charge in [0, 0.05) is 18.1 Å². The molecule has 7 heteroatoms. The van der Waals surface area contributed by atoms with Crippen molar-refractivity contribution in [2.75, 3.05) is 0 Å². The smallest absolute Gasteiger partial charge is 0.163 e. The van der Waals surface area contributed by atoms with Gasteiger partial charge in [0.2, 0.25) is 0 Å². The zero-order valence-corrected chi connectivity index (χ0v) is 14.1. The first kappa shape index (κ1) is 15.4. The molecule has 0 atom stereocenters. The van der Waals surface area contributed by atoms with E-state index in [0.717, 1.165) is 22.8 Å². The number of rotatable bonds is 3. The van der Waals surface area contributed by atoms with E-state index in [1.54, 1.807) is 10.6 Å². The third kappa shape index (κ3) is 2.65. The molecule has 4 rings (SSSR count). The van der Waals surface area contributed by atoms with Crippen molar-refractivity contribution in [3.05, 3.63) is 66.0 Å². The summed E-state index contributed by atoms with van der Waals surface area (Å²) in [5.41, 5.74) is 4.48. The summed E-state index contributed by atoms with van der Waals surface area (Å²) in [7, 11) is 0. The molecular formula is C18H13ClN6. The maximum Gasteiger partial charge on any atom is 0.163 e. The SMILES string of the molecule is Cc1cccc(-c2nc(CCl)cn2-c2ccc3ncc(C#N)n3c2)n1. The number of nitrogens with zero attached hydrogens (tertiary/aromatic N) is 6. The fourth-order valence-corrected chi connectivity index (χ4v) is 2.86. The molecule has 6 nitrogen and oxygen atoms in total. The zero-order chi connectivity index (χ0) is 17.4. The molecule has 0 bridgehead atoms. The Hall–Kier alpha value is -3.17. The predicted molar refractivity (Wildman–Crippen MR) is 94.6 cm³/mol. The largest absolute Gasteiger partial charge is 0.297 e. The molecular weight excluding hydrogens is 336 g/mol. The van der Waals surface area contributed by atoms with Gasteiger partial charge in [-0.2, -0.15) is 5.26 Å². The normalized spacial score (nSPS) is 10.9. The Kier molecular flexibility index (Phi) is 3.71. The molecule has 4 heterocycles. The van der Waals surface area contributed by atoms with E-state index in [0.29, 0.717) is 23.0 Å². The molecule has 0 aliphatic carbocycles. The summed E-state index contributed by atoms with van der Waals surface area (Å²) in [6.07, 6.45) is 5.30. The van der Waals surface area contributed by atoms with E-state index in [2.05, 4.69) is 21.0 Å². The van der Waals surface area contributed by atoms with Gasteiger partial charge in [-0.15, -0.1) is 11.6 Å². The summed E-state index contributed by atoms with van der Waals surface area (Å²) < 4.78 is 3.68. The van der Waals surface area contributed by atoms with Crippen molar-refractivity contribution in [2.24, 2.45) is 0 Å². The second-order valence-corrected chi connectivity index (χ2v) is 5.86. The molecule has 0 amide bonds. The number of aromatic nitrogens is 5. The van der Waals surface area contributed by atoms with Crippen LogP contribution in [0.2, 0.25) is 0 Å². The summed E-state index contributed by atoms with van der Waals surface area (Å²) in [6, 6.07) is 11.7. The van der Waals surface area contributed by atoms with E-state index in [-0.39, 0.29) is 0 Å². The maximum atomic E-state index is 9.23. The summed E-state index contributed by atoms with van der Waals surface area (Å²) in [5.74, 6) is 1.01. The first-order chi connectivity index (χ1) is 12.2. The van der Waals surface area contributed by atoms with Crippen LogP contribution >= 0.6 is 11.6 Å². The fourth-order valence-electron chi connectivity index (χ4n) is 2.73. The van der Waals surface area contributed by atoms with Crippen LogP contribution < -0.4 is 0 Å².